The number of rotatable bonds is 2. The lowest BCUT2D eigenvalue weighted by molar-refractivity contribution is 1.31. The molecule has 40 heavy (non-hydrogen) atoms. The summed E-state index contributed by atoms with van der Waals surface area (Å²) in [4.78, 5) is 14.5. The Kier molecular flexibility index (Phi) is 4.33. The third-order valence-corrected chi connectivity index (χ3v) is 8.27. The van der Waals surface area contributed by atoms with Crippen molar-refractivity contribution in [3.8, 4) is 44.8 Å². The predicted octanol–water partition coefficient (Wildman–Crippen LogP) is 9.47. The van der Waals surface area contributed by atoms with Crippen LogP contribution in [0.25, 0.3) is 88.1 Å². The molecule has 0 saturated heterocycles. The van der Waals surface area contributed by atoms with Gasteiger partial charge in [0.1, 0.15) is 0 Å². The first-order chi connectivity index (χ1) is 19.8. The monoisotopic (exact) mass is 507 g/mol. The lowest BCUT2D eigenvalue weighted by Crippen LogP contribution is -1.91. The van der Waals surface area contributed by atoms with Gasteiger partial charge in [-0.25, -0.2) is 4.98 Å². The highest BCUT2D eigenvalue weighted by Crippen LogP contribution is 2.50. The first kappa shape index (κ1) is 21.5. The summed E-state index contributed by atoms with van der Waals surface area (Å²) >= 11 is 0. The first-order valence-corrected chi connectivity index (χ1v) is 13.5. The predicted molar refractivity (Wildman–Crippen MR) is 165 cm³/mol. The molecule has 5 aromatic carbocycles. The molecule has 0 spiro atoms. The lowest BCUT2D eigenvalue weighted by atomic mass is 9.96. The van der Waals surface area contributed by atoms with Crippen molar-refractivity contribution < 1.29 is 0 Å². The van der Waals surface area contributed by atoms with Crippen LogP contribution in [0.3, 0.4) is 0 Å². The summed E-state index contributed by atoms with van der Waals surface area (Å²) < 4.78 is 0. The van der Waals surface area contributed by atoms with E-state index < -0.39 is 0 Å². The van der Waals surface area contributed by atoms with E-state index in [0.29, 0.717) is 0 Å². The number of benzene rings is 5. The van der Waals surface area contributed by atoms with Gasteiger partial charge >= 0.3 is 0 Å². The van der Waals surface area contributed by atoms with Crippen molar-refractivity contribution in [2.24, 2.45) is 0 Å². The van der Waals surface area contributed by atoms with Crippen molar-refractivity contribution in [2.45, 2.75) is 0 Å². The molecular weight excluding hydrogens is 486 g/mol. The maximum Gasteiger partial charge on any atom is 0.0972 e. The Bertz CT molecular complexity index is 2290. The van der Waals surface area contributed by atoms with E-state index in [1.165, 1.54) is 43.8 Å². The van der Waals surface area contributed by atoms with Gasteiger partial charge in [0.2, 0.25) is 0 Å². The van der Waals surface area contributed by atoms with Crippen LogP contribution < -0.4 is 0 Å². The Labute approximate surface area is 230 Å². The van der Waals surface area contributed by atoms with E-state index in [0.717, 1.165) is 44.3 Å². The quantitative estimate of drug-likeness (QED) is 0.219. The largest absolute Gasteiger partial charge is 0.256 e. The second-order valence-electron chi connectivity index (χ2n) is 10.5. The first-order valence-electron chi connectivity index (χ1n) is 13.5. The highest BCUT2D eigenvalue weighted by Gasteiger charge is 2.23. The second kappa shape index (κ2) is 8.05. The number of hydrogen-bond donors (Lipinski definition) is 0. The van der Waals surface area contributed by atoms with E-state index in [1.54, 1.807) is 0 Å². The summed E-state index contributed by atoms with van der Waals surface area (Å²) in [5.74, 6) is 0. The van der Waals surface area contributed by atoms with Gasteiger partial charge in [-0.15, -0.1) is 0 Å². The van der Waals surface area contributed by atoms with Crippen LogP contribution in [-0.4, -0.2) is 15.0 Å². The van der Waals surface area contributed by atoms with Crippen molar-refractivity contribution in [3.63, 3.8) is 0 Å². The van der Waals surface area contributed by atoms with Crippen molar-refractivity contribution in [1.82, 2.24) is 15.0 Å². The Morgan fingerprint density at radius 1 is 0.400 bits per heavy atom. The molecule has 0 N–H and O–H groups in total. The Hall–Kier alpha value is -5.41. The molecule has 0 atom stereocenters. The molecular formula is C37H21N3. The summed E-state index contributed by atoms with van der Waals surface area (Å²) in [7, 11) is 0. The minimum atomic E-state index is 0.916. The molecule has 1 aliphatic rings. The van der Waals surface area contributed by atoms with Crippen LogP contribution in [0.5, 0.6) is 0 Å². The molecule has 0 radical (unpaired) electrons. The average molecular weight is 508 g/mol. The Balaban J connectivity index is 1.22. The van der Waals surface area contributed by atoms with E-state index in [2.05, 4.69) is 108 Å². The normalized spacial score (nSPS) is 12.0. The number of pyridine rings is 3. The molecule has 3 aromatic heterocycles. The Morgan fingerprint density at radius 2 is 1.12 bits per heavy atom. The van der Waals surface area contributed by atoms with Gasteiger partial charge in [-0.3, -0.25) is 9.97 Å². The zero-order valence-corrected chi connectivity index (χ0v) is 21.5. The second-order valence-corrected chi connectivity index (χ2v) is 10.5. The minimum absolute atomic E-state index is 0.916. The molecule has 0 amide bonds. The highest BCUT2D eigenvalue weighted by atomic mass is 14.8. The maximum atomic E-state index is 5.07. The SMILES string of the molecule is c1ccc2cc3c(cc2c1)-c1cccc2c(-c4cc(-c5ccc6ccc7cccnc7c6n5)ccn4)ccc-3c12. The summed E-state index contributed by atoms with van der Waals surface area (Å²) in [6.07, 6.45) is 3.72. The van der Waals surface area contributed by atoms with Crippen molar-refractivity contribution >= 4 is 43.4 Å². The van der Waals surface area contributed by atoms with Gasteiger partial charge in [0.25, 0.3) is 0 Å². The molecule has 0 unspecified atom stereocenters. The topological polar surface area (TPSA) is 38.7 Å². The fourth-order valence-electron chi connectivity index (χ4n) is 6.39. The lowest BCUT2D eigenvalue weighted by Gasteiger charge is -2.11. The molecule has 3 heterocycles. The standard InChI is InChI=1S/C37H21N3/c1-2-6-25-20-32-30-14-13-27(28-8-3-9-29(35(28)30)31(32)19-24(25)5-1)34-21-26(16-18-38-34)33-15-12-23-11-10-22-7-4-17-39-36(22)37(23)40-33/h1-21H. The van der Waals surface area contributed by atoms with E-state index >= 15 is 0 Å². The molecule has 0 fully saturated rings. The maximum absolute atomic E-state index is 5.07. The van der Waals surface area contributed by atoms with Gasteiger partial charge in [-0.05, 0) is 80.2 Å². The molecule has 3 heteroatoms. The van der Waals surface area contributed by atoms with E-state index in [1.807, 2.05) is 24.5 Å². The van der Waals surface area contributed by atoms with Crippen LogP contribution in [0, 0.1) is 0 Å². The summed E-state index contributed by atoms with van der Waals surface area (Å²) in [5.41, 5.74) is 11.1. The summed E-state index contributed by atoms with van der Waals surface area (Å²) in [6, 6.07) is 41.1. The van der Waals surface area contributed by atoms with Crippen LogP contribution in [0.1, 0.15) is 0 Å². The van der Waals surface area contributed by atoms with Gasteiger partial charge in [0, 0.05) is 34.3 Å². The molecule has 0 bridgehead atoms. The van der Waals surface area contributed by atoms with Crippen molar-refractivity contribution in [1.29, 1.82) is 0 Å². The molecule has 9 rings (SSSR count). The molecule has 3 nitrogen and oxygen atoms in total. The summed E-state index contributed by atoms with van der Waals surface area (Å²) in [5, 5.41) is 7.25. The third-order valence-electron chi connectivity index (χ3n) is 8.27. The minimum Gasteiger partial charge on any atom is -0.256 e. The molecule has 0 saturated carbocycles. The summed E-state index contributed by atoms with van der Waals surface area (Å²) in [6.45, 7) is 0. The zero-order chi connectivity index (χ0) is 26.2. The van der Waals surface area contributed by atoms with Gasteiger partial charge in [-0.1, -0.05) is 78.9 Å². The van der Waals surface area contributed by atoms with E-state index in [-0.39, 0.29) is 0 Å². The highest BCUT2D eigenvalue weighted by molar-refractivity contribution is 6.20. The van der Waals surface area contributed by atoms with Crippen LogP contribution in [0.2, 0.25) is 0 Å². The Morgan fingerprint density at radius 3 is 1.98 bits per heavy atom. The van der Waals surface area contributed by atoms with Crippen LogP contribution in [0.4, 0.5) is 0 Å². The zero-order valence-electron chi connectivity index (χ0n) is 21.5. The number of nitrogens with zero attached hydrogens (tertiary/aromatic N) is 3. The number of aromatic nitrogens is 3. The fraction of sp³-hybridized carbons (Fsp3) is 0. The van der Waals surface area contributed by atoms with Gasteiger partial charge in [0.05, 0.1) is 22.4 Å². The van der Waals surface area contributed by atoms with Crippen molar-refractivity contribution in [2.75, 3.05) is 0 Å². The number of hydrogen-bond acceptors (Lipinski definition) is 3. The number of fused-ring (bicyclic) bond motifs is 7. The molecule has 0 aliphatic heterocycles. The fourth-order valence-corrected chi connectivity index (χ4v) is 6.39. The van der Waals surface area contributed by atoms with Crippen LogP contribution in [-0.2, 0) is 0 Å². The molecule has 8 aromatic rings. The third kappa shape index (κ3) is 3.03. The van der Waals surface area contributed by atoms with Crippen LogP contribution >= 0.6 is 0 Å². The van der Waals surface area contributed by atoms with Crippen LogP contribution in [0.15, 0.2) is 128 Å². The van der Waals surface area contributed by atoms with E-state index in [9.17, 15) is 0 Å². The van der Waals surface area contributed by atoms with Gasteiger partial charge in [-0.2, -0.15) is 0 Å². The molecule has 184 valence electrons. The van der Waals surface area contributed by atoms with Gasteiger partial charge < -0.3 is 0 Å². The smallest absolute Gasteiger partial charge is 0.0972 e. The van der Waals surface area contributed by atoms with E-state index in [4.69, 9.17) is 9.97 Å². The average Bonchev–Trinajstić information content (AvgIpc) is 3.33. The molecule has 1 aliphatic carbocycles. The van der Waals surface area contributed by atoms with Gasteiger partial charge in [0.15, 0.2) is 0 Å². The van der Waals surface area contributed by atoms with Crippen molar-refractivity contribution in [3.05, 3.63) is 128 Å².